The van der Waals surface area contributed by atoms with E-state index in [0.29, 0.717) is 5.56 Å². The number of non-ortho nitro benzene ring substituents is 1. The molecule has 3 amide bonds. The summed E-state index contributed by atoms with van der Waals surface area (Å²) in [6.07, 6.45) is 0. The van der Waals surface area contributed by atoms with Crippen LogP contribution < -0.4 is 40.2 Å². The molecular weight excluding hydrogens is 691 g/mol. The van der Waals surface area contributed by atoms with E-state index in [9.17, 15) is 47.1 Å². The number of carbonyl (C=O) groups is 5. The second kappa shape index (κ2) is 15.7. The number of halogens is 1. The second-order valence-corrected chi connectivity index (χ2v) is 11.7. The number of esters is 2. The number of hydrogen-bond acceptors (Lipinski definition) is 15. The Hall–Kier alpha value is -3.73. The Morgan fingerprint density at radius 2 is 1.89 bits per heavy atom. The van der Waals surface area contributed by atoms with E-state index in [0.717, 1.165) is 18.4 Å². The zero-order valence-electron chi connectivity index (χ0n) is 25.3. The maximum atomic E-state index is 13.3. The molecule has 244 valence electrons. The minimum atomic E-state index is -5.21. The monoisotopic (exact) mass is 714 g/mol. The Kier molecular flexibility index (Phi) is 13.1. The zero-order chi connectivity index (χ0) is 33.7. The van der Waals surface area contributed by atoms with Gasteiger partial charge < -0.3 is 26.4 Å². The summed E-state index contributed by atoms with van der Waals surface area (Å²) in [4.78, 5) is 81.9. The maximum absolute atomic E-state index is 13.3. The van der Waals surface area contributed by atoms with Crippen LogP contribution in [0, 0.1) is 10.1 Å². The number of methoxy groups -OCH3 is 1. The van der Waals surface area contributed by atoms with Crippen molar-refractivity contribution in [3.05, 3.63) is 51.0 Å². The second-order valence-electron chi connectivity index (χ2n) is 9.29. The molecular formula is C23H24ClN6NaO13S2. The SMILES string of the molecule is COC(=O)C1C(NC(=O)/C(=N/OC(C)(C)C(=O)OCc2ccc([N+](=O)[O-])cc2)c2csc(NC(=O)CCl)n2)C(=O)N1S(=O)(=O)O.[H-].[Na+]. The molecule has 0 bridgehead atoms. The molecule has 1 aromatic heterocycles. The van der Waals surface area contributed by atoms with E-state index < -0.39 is 74.2 Å². The van der Waals surface area contributed by atoms with Gasteiger partial charge in [0.1, 0.15) is 24.2 Å². The van der Waals surface area contributed by atoms with Crippen molar-refractivity contribution in [1.82, 2.24) is 14.6 Å². The van der Waals surface area contributed by atoms with E-state index in [1.165, 1.54) is 43.5 Å². The van der Waals surface area contributed by atoms with Gasteiger partial charge in [0.15, 0.2) is 16.9 Å². The van der Waals surface area contributed by atoms with Gasteiger partial charge in [-0.25, -0.2) is 14.6 Å². The molecule has 0 spiro atoms. The molecule has 0 aliphatic carbocycles. The van der Waals surface area contributed by atoms with Gasteiger partial charge in [-0.1, -0.05) is 5.16 Å². The molecule has 0 saturated carbocycles. The fourth-order valence-electron chi connectivity index (χ4n) is 3.45. The summed E-state index contributed by atoms with van der Waals surface area (Å²) >= 11 is 6.30. The van der Waals surface area contributed by atoms with Crippen LogP contribution >= 0.6 is 22.9 Å². The van der Waals surface area contributed by atoms with Gasteiger partial charge in [-0.15, -0.1) is 22.9 Å². The first-order chi connectivity index (χ1) is 21.0. The van der Waals surface area contributed by atoms with Crippen LogP contribution in [0.5, 0.6) is 0 Å². The topological polar surface area (TPSA) is 263 Å². The fourth-order valence-corrected chi connectivity index (χ4v) is 5.07. The average molecular weight is 715 g/mol. The largest absolute Gasteiger partial charge is 1.00 e. The van der Waals surface area contributed by atoms with Gasteiger partial charge in [-0.3, -0.25) is 29.1 Å². The van der Waals surface area contributed by atoms with Crippen LogP contribution in [0.25, 0.3) is 0 Å². The number of anilines is 1. The Labute approximate surface area is 292 Å². The summed E-state index contributed by atoms with van der Waals surface area (Å²) in [5, 5.41) is 20.2. The Morgan fingerprint density at radius 3 is 2.43 bits per heavy atom. The first kappa shape index (κ1) is 38.5. The number of nitro benzene ring substituents is 1. The number of oxime groups is 1. The molecule has 2 unspecified atom stereocenters. The van der Waals surface area contributed by atoms with Crippen LogP contribution in [0.2, 0.25) is 0 Å². The van der Waals surface area contributed by atoms with E-state index in [4.69, 9.17) is 21.2 Å². The maximum Gasteiger partial charge on any atom is 1.00 e. The Morgan fingerprint density at radius 1 is 1.26 bits per heavy atom. The van der Waals surface area contributed by atoms with Gasteiger partial charge in [0.25, 0.3) is 17.5 Å². The zero-order valence-corrected chi connectivity index (χ0v) is 28.7. The van der Waals surface area contributed by atoms with Crippen molar-refractivity contribution in [1.29, 1.82) is 0 Å². The molecule has 2 aromatic rings. The van der Waals surface area contributed by atoms with Crippen molar-refractivity contribution in [3.8, 4) is 0 Å². The number of aromatic nitrogens is 1. The smallest absolute Gasteiger partial charge is 1.00 e. The van der Waals surface area contributed by atoms with Crippen molar-refractivity contribution >= 4 is 79.4 Å². The van der Waals surface area contributed by atoms with E-state index >= 15 is 0 Å². The number of amides is 3. The molecule has 0 radical (unpaired) electrons. The van der Waals surface area contributed by atoms with Crippen LogP contribution in [0.4, 0.5) is 10.8 Å². The molecule has 3 N–H and O–H groups in total. The predicted octanol–water partition coefficient (Wildman–Crippen LogP) is -2.74. The van der Waals surface area contributed by atoms with Crippen LogP contribution in [0.15, 0.2) is 34.8 Å². The first-order valence-electron chi connectivity index (χ1n) is 12.2. The van der Waals surface area contributed by atoms with Crippen LogP contribution in [-0.4, -0.2) is 93.2 Å². The number of β-lactam (4-membered cyclic amide) rings is 1. The van der Waals surface area contributed by atoms with Crippen LogP contribution in [0.3, 0.4) is 0 Å². The molecule has 3 rings (SSSR count). The molecule has 1 saturated heterocycles. The van der Waals surface area contributed by atoms with Crippen molar-refractivity contribution in [2.45, 2.75) is 38.1 Å². The number of rotatable bonds is 13. The van der Waals surface area contributed by atoms with E-state index in [-0.39, 0.29) is 58.4 Å². The number of nitrogens with one attached hydrogen (secondary N) is 2. The molecule has 46 heavy (non-hydrogen) atoms. The first-order valence-corrected chi connectivity index (χ1v) is 15.0. The Bertz CT molecular complexity index is 1670. The van der Waals surface area contributed by atoms with Gasteiger partial charge in [0.2, 0.25) is 11.5 Å². The molecule has 1 aliphatic rings. The minimum absolute atomic E-state index is 0. The van der Waals surface area contributed by atoms with Crippen molar-refractivity contribution in [3.63, 3.8) is 0 Å². The van der Waals surface area contributed by atoms with Crippen LogP contribution in [-0.2, 0) is 55.2 Å². The third-order valence-electron chi connectivity index (χ3n) is 5.73. The van der Waals surface area contributed by atoms with Crippen molar-refractivity contribution < 1.29 is 87.2 Å². The third-order valence-corrected chi connectivity index (χ3v) is 7.64. The summed E-state index contributed by atoms with van der Waals surface area (Å²) in [5.41, 5.74) is -2.60. The average Bonchev–Trinajstić information content (AvgIpc) is 3.43. The normalized spacial score (nSPS) is 16.3. The number of benzene rings is 1. The third kappa shape index (κ3) is 9.18. The summed E-state index contributed by atoms with van der Waals surface area (Å²) in [6, 6.07) is 1.36. The van der Waals surface area contributed by atoms with E-state index in [1.54, 1.807) is 0 Å². The standard InChI is InChI=1S/C23H23ClN6O13S2.Na.H/c1-23(2,21(35)42-9-11-4-6-12(7-5-11)30(36)37)43-28-15(13-10-44-22(25-13)26-14(31)8-24)18(32)27-16-17(20(34)41-3)29(19(16)33)45(38,39)40;;/h4-7,10,16-17H,8-9H2,1-3H3,(H,27,32)(H,25,26,31)(H,38,39,40);;/q;+1;-1/b28-15+;;. The van der Waals surface area contributed by atoms with Gasteiger partial charge in [0.05, 0.1) is 12.0 Å². The minimum Gasteiger partial charge on any atom is -1.00 e. The molecule has 19 nitrogen and oxygen atoms in total. The fraction of sp³-hybridized carbons (Fsp3) is 0.348. The molecule has 1 aromatic carbocycles. The molecule has 1 fully saturated rings. The van der Waals surface area contributed by atoms with Gasteiger partial charge in [-0.2, -0.15) is 12.7 Å². The number of alkyl halides is 1. The number of ether oxygens (including phenoxy) is 2. The molecule has 23 heteroatoms. The number of hydrogen-bond donors (Lipinski definition) is 3. The van der Waals surface area contributed by atoms with Crippen LogP contribution in [0.1, 0.15) is 26.5 Å². The van der Waals surface area contributed by atoms with E-state index in [2.05, 4.69) is 25.5 Å². The van der Waals surface area contributed by atoms with Gasteiger partial charge in [-0.05, 0) is 31.5 Å². The summed E-state index contributed by atoms with van der Waals surface area (Å²) in [7, 11) is -4.33. The van der Waals surface area contributed by atoms with Crippen molar-refractivity contribution in [2.75, 3.05) is 18.3 Å². The Balaban J connectivity index is 0.00000552. The molecule has 1 aliphatic heterocycles. The molecule has 2 atom stereocenters. The van der Waals surface area contributed by atoms with Crippen molar-refractivity contribution in [2.24, 2.45) is 5.16 Å². The quantitative estimate of drug-likeness (QED) is 0.0278. The predicted molar refractivity (Wildman–Crippen MR) is 153 cm³/mol. The number of nitrogens with zero attached hydrogens (tertiary/aromatic N) is 4. The van der Waals surface area contributed by atoms with Gasteiger partial charge >= 0.3 is 51.8 Å². The number of carbonyl (C=O) groups excluding carboxylic acids is 5. The van der Waals surface area contributed by atoms with E-state index in [1.807, 2.05) is 0 Å². The molecule has 2 heterocycles. The summed E-state index contributed by atoms with van der Waals surface area (Å²) in [5.74, 6) is -5.97. The van der Waals surface area contributed by atoms with Gasteiger partial charge in [0, 0.05) is 17.5 Å². The number of nitro groups is 1. The summed E-state index contributed by atoms with van der Waals surface area (Å²) in [6.45, 7) is 2.15. The number of thiazole rings is 1. The summed E-state index contributed by atoms with van der Waals surface area (Å²) < 4.78 is 42.0.